The average Bonchev–Trinajstić information content (AvgIpc) is 2.49. The van der Waals surface area contributed by atoms with E-state index < -0.39 is 10.8 Å². The summed E-state index contributed by atoms with van der Waals surface area (Å²) in [6, 6.07) is 10.4. The van der Waals surface area contributed by atoms with E-state index >= 15 is 0 Å². The summed E-state index contributed by atoms with van der Waals surface area (Å²) in [6.07, 6.45) is 0. The van der Waals surface area contributed by atoms with Gasteiger partial charge in [-0.2, -0.15) is 0 Å². The minimum atomic E-state index is -0.524. The Morgan fingerprint density at radius 1 is 1.32 bits per heavy atom. The van der Waals surface area contributed by atoms with Crippen molar-refractivity contribution in [2.24, 2.45) is 0 Å². The fraction of sp³-hybridized carbons (Fsp3) is 0.133. The lowest BCUT2D eigenvalue weighted by atomic mass is 10.2. The van der Waals surface area contributed by atoms with E-state index in [1.807, 2.05) is 6.92 Å². The molecule has 22 heavy (non-hydrogen) atoms. The van der Waals surface area contributed by atoms with Gasteiger partial charge in [-0.1, -0.05) is 17.7 Å². The minimum Gasteiger partial charge on any atom is -0.492 e. The summed E-state index contributed by atoms with van der Waals surface area (Å²) in [6.45, 7) is 2.30. The van der Waals surface area contributed by atoms with Crippen LogP contribution in [0.3, 0.4) is 0 Å². The number of non-ortho nitro benzene ring substituents is 1. The Hall–Kier alpha value is -2.60. The van der Waals surface area contributed by atoms with Crippen molar-refractivity contribution >= 4 is 28.9 Å². The first-order valence-corrected chi connectivity index (χ1v) is 6.87. The minimum absolute atomic E-state index is 0.0949. The molecular formula is C15H13ClN2O4. The molecule has 2 aromatic carbocycles. The SMILES string of the molecule is CCOc1ccc(C(=O)Nc2cccc([N+](=O)[O-])c2)cc1Cl. The van der Waals surface area contributed by atoms with Crippen molar-refractivity contribution < 1.29 is 14.5 Å². The molecule has 0 aromatic heterocycles. The Balaban J connectivity index is 2.17. The van der Waals surface area contributed by atoms with Crippen LogP contribution in [0.15, 0.2) is 42.5 Å². The third-order valence-corrected chi connectivity index (χ3v) is 3.10. The predicted octanol–water partition coefficient (Wildman–Crippen LogP) is 3.90. The second kappa shape index (κ2) is 6.91. The molecule has 0 spiro atoms. The fourth-order valence-corrected chi connectivity index (χ4v) is 2.05. The van der Waals surface area contributed by atoms with Crippen LogP contribution in [0.1, 0.15) is 17.3 Å². The maximum Gasteiger partial charge on any atom is 0.271 e. The average molecular weight is 321 g/mol. The van der Waals surface area contributed by atoms with E-state index in [1.54, 1.807) is 18.2 Å². The molecule has 0 saturated heterocycles. The number of nitrogens with one attached hydrogen (secondary N) is 1. The monoisotopic (exact) mass is 320 g/mol. The number of nitro groups is 1. The highest BCUT2D eigenvalue weighted by atomic mass is 35.5. The maximum atomic E-state index is 12.1. The van der Waals surface area contributed by atoms with Crippen molar-refractivity contribution in [3.63, 3.8) is 0 Å². The number of amides is 1. The van der Waals surface area contributed by atoms with E-state index in [1.165, 1.54) is 24.3 Å². The molecule has 1 amide bonds. The van der Waals surface area contributed by atoms with Crippen LogP contribution in [-0.4, -0.2) is 17.4 Å². The molecule has 0 heterocycles. The molecule has 0 radical (unpaired) electrons. The fourth-order valence-electron chi connectivity index (χ4n) is 1.82. The molecule has 114 valence electrons. The topological polar surface area (TPSA) is 81.5 Å². The van der Waals surface area contributed by atoms with Crippen molar-refractivity contribution in [2.75, 3.05) is 11.9 Å². The van der Waals surface area contributed by atoms with Gasteiger partial charge in [0.2, 0.25) is 0 Å². The number of hydrogen-bond donors (Lipinski definition) is 1. The van der Waals surface area contributed by atoms with Gasteiger partial charge in [-0.25, -0.2) is 0 Å². The number of nitro benzene ring substituents is 1. The number of rotatable bonds is 5. The van der Waals surface area contributed by atoms with E-state index in [9.17, 15) is 14.9 Å². The number of anilines is 1. The molecular weight excluding hydrogens is 308 g/mol. The summed E-state index contributed by atoms with van der Waals surface area (Å²) >= 11 is 6.03. The Morgan fingerprint density at radius 3 is 2.73 bits per heavy atom. The van der Waals surface area contributed by atoms with E-state index in [0.29, 0.717) is 28.6 Å². The van der Waals surface area contributed by atoms with Crippen LogP contribution < -0.4 is 10.1 Å². The summed E-state index contributed by atoms with van der Waals surface area (Å²) in [5.74, 6) is 0.0847. The Morgan fingerprint density at radius 2 is 2.09 bits per heavy atom. The molecule has 0 unspecified atom stereocenters. The molecule has 0 atom stereocenters. The van der Waals surface area contributed by atoms with Crippen molar-refractivity contribution in [2.45, 2.75) is 6.92 Å². The zero-order valence-corrected chi connectivity index (χ0v) is 12.5. The summed E-state index contributed by atoms with van der Waals surface area (Å²) in [5.41, 5.74) is 0.576. The third kappa shape index (κ3) is 3.73. The summed E-state index contributed by atoms with van der Waals surface area (Å²) in [7, 11) is 0. The number of nitrogens with zero attached hydrogens (tertiary/aromatic N) is 1. The zero-order chi connectivity index (χ0) is 16.1. The highest BCUT2D eigenvalue weighted by Crippen LogP contribution is 2.26. The van der Waals surface area contributed by atoms with E-state index in [-0.39, 0.29) is 5.69 Å². The normalized spacial score (nSPS) is 10.1. The molecule has 2 rings (SSSR count). The van der Waals surface area contributed by atoms with Gasteiger partial charge in [-0.05, 0) is 31.2 Å². The van der Waals surface area contributed by atoms with Gasteiger partial charge in [0.25, 0.3) is 11.6 Å². The number of carbonyl (C=O) groups is 1. The summed E-state index contributed by atoms with van der Waals surface area (Å²) in [4.78, 5) is 22.3. The zero-order valence-electron chi connectivity index (χ0n) is 11.7. The van der Waals surface area contributed by atoms with Crippen LogP contribution in [0.5, 0.6) is 5.75 Å². The standard InChI is InChI=1S/C15H13ClN2O4/c1-2-22-14-7-6-10(8-13(14)16)15(19)17-11-4-3-5-12(9-11)18(20)21/h3-9H,2H2,1H3,(H,17,19). The molecule has 0 aliphatic heterocycles. The van der Waals surface area contributed by atoms with Gasteiger partial charge in [0.05, 0.1) is 16.6 Å². The van der Waals surface area contributed by atoms with Crippen LogP contribution in [0, 0.1) is 10.1 Å². The molecule has 6 nitrogen and oxygen atoms in total. The van der Waals surface area contributed by atoms with Crippen LogP contribution in [0.2, 0.25) is 5.02 Å². The van der Waals surface area contributed by atoms with Crippen LogP contribution in [0.25, 0.3) is 0 Å². The lowest BCUT2D eigenvalue weighted by molar-refractivity contribution is -0.384. The van der Waals surface area contributed by atoms with Gasteiger partial charge < -0.3 is 10.1 Å². The van der Waals surface area contributed by atoms with Gasteiger partial charge in [-0.15, -0.1) is 0 Å². The highest BCUT2D eigenvalue weighted by Gasteiger charge is 2.12. The second-order valence-corrected chi connectivity index (χ2v) is 4.75. The molecule has 1 N–H and O–H groups in total. The molecule has 7 heteroatoms. The Labute approximate surface area is 131 Å². The largest absolute Gasteiger partial charge is 0.492 e. The molecule has 0 saturated carbocycles. The Bertz CT molecular complexity index is 718. The van der Waals surface area contributed by atoms with Crippen molar-refractivity contribution in [1.29, 1.82) is 0 Å². The van der Waals surface area contributed by atoms with E-state index in [2.05, 4.69) is 5.32 Å². The number of carbonyl (C=O) groups excluding carboxylic acids is 1. The van der Waals surface area contributed by atoms with Crippen molar-refractivity contribution in [1.82, 2.24) is 0 Å². The van der Waals surface area contributed by atoms with Gasteiger partial charge in [0, 0.05) is 23.4 Å². The van der Waals surface area contributed by atoms with E-state index in [0.717, 1.165) is 0 Å². The molecule has 0 fully saturated rings. The first-order chi connectivity index (χ1) is 10.5. The van der Waals surface area contributed by atoms with Crippen molar-refractivity contribution in [3.8, 4) is 5.75 Å². The number of halogens is 1. The third-order valence-electron chi connectivity index (χ3n) is 2.81. The van der Waals surface area contributed by atoms with Crippen LogP contribution in [-0.2, 0) is 0 Å². The number of hydrogen-bond acceptors (Lipinski definition) is 4. The van der Waals surface area contributed by atoms with Crippen molar-refractivity contribution in [3.05, 3.63) is 63.2 Å². The highest BCUT2D eigenvalue weighted by molar-refractivity contribution is 6.32. The van der Waals surface area contributed by atoms with E-state index in [4.69, 9.17) is 16.3 Å². The van der Waals surface area contributed by atoms with Gasteiger partial charge in [-0.3, -0.25) is 14.9 Å². The van der Waals surface area contributed by atoms with Crippen LogP contribution >= 0.6 is 11.6 Å². The maximum absolute atomic E-state index is 12.1. The quantitative estimate of drug-likeness (QED) is 0.669. The smallest absolute Gasteiger partial charge is 0.271 e. The second-order valence-electron chi connectivity index (χ2n) is 4.34. The lowest BCUT2D eigenvalue weighted by Gasteiger charge is -2.08. The summed E-state index contributed by atoms with van der Waals surface area (Å²) in [5, 5.41) is 13.6. The van der Waals surface area contributed by atoms with Gasteiger partial charge in [0.15, 0.2) is 0 Å². The Kier molecular flexibility index (Phi) is 4.95. The molecule has 0 aliphatic carbocycles. The van der Waals surface area contributed by atoms with Gasteiger partial charge >= 0.3 is 0 Å². The lowest BCUT2D eigenvalue weighted by Crippen LogP contribution is -2.12. The van der Waals surface area contributed by atoms with Crippen LogP contribution in [0.4, 0.5) is 11.4 Å². The van der Waals surface area contributed by atoms with Gasteiger partial charge in [0.1, 0.15) is 5.75 Å². The number of ether oxygens (including phenoxy) is 1. The first kappa shape index (κ1) is 15.8. The number of benzene rings is 2. The molecule has 0 bridgehead atoms. The summed E-state index contributed by atoms with van der Waals surface area (Å²) < 4.78 is 5.29. The predicted molar refractivity (Wildman–Crippen MR) is 83.7 cm³/mol. The molecule has 2 aromatic rings. The first-order valence-electron chi connectivity index (χ1n) is 6.49. The molecule has 0 aliphatic rings.